The SMILES string of the molecule is O=C(O)C=C(CC(=O)O)c1cccnc1. The number of hydrogen-bond donors (Lipinski definition) is 2. The topological polar surface area (TPSA) is 87.5 Å². The molecule has 0 radical (unpaired) electrons. The second kappa shape index (κ2) is 4.90. The molecule has 0 fully saturated rings. The highest BCUT2D eigenvalue weighted by Gasteiger charge is 2.08. The maximum atomic E-state index is 10.5. The number of aromatic nitrogens is 1. The van der Waals surface area contributed by atoms with Gasteiger partial charge in [0.05, 0.1) is 6.42 Å². The quantitative estimate of drug-likeness (QED) is 0.720. The van der Waals surface area contributed by atoms with Gasteiger partial charge in [-0.25, -0.2) is 4.79 Å². The van der Waals surface area contributed by atoms with Crippen molar-refractivity contribution in [3.05, 3.63) is 36.2 Å². The molecule has 0 aliphatic rings. The van der Waals surface area contributed by atoms with E-state index in [1.807, 2.05) is 0 Å². The zero-order chi connectivity index (χ0) is 11.3. The van der Waals surface area contributed by atoms with Crippen LogP contribution in [0.15, 0.2) is 30.6 Å². The Kier molecular flexibility index (Phi) is 3.56. The molecule has 0 amide bonds. The van der Waals surface area contributed by atoms with E-state index in [-0.39, 0.29) is 12.0 Å². The average Bonchev–Trinajstić information content (AvgIpc) is 2.17. The lowest BCUT2D eigenvalue weighted by molar-refractivity contribution is -0.135. The number of carboxylic acid groups (broad SMARTS) is 2. The fraction of sp³-hybridized carbons (Fsp3) is 0.100. The van der Waals surface area contributed by atoms with Crippen molar-refractivity contribution in [3.8, 4) is 0 Å². The van der Waals surface area contributed by atoms with Crippen molar-refractivity contribution in [3.63, 3.8) is 0 Å². The van der Waals surface area contributed by atoms with Gasteiger partial charge in [0.2, 0.25) is 0 Å². The predicted molar refractivity (Wildman–Crippen MR) is 52.1 cm³/mol. The Morgan fingerprint density at radius 1 is 1.40 bits per heavy atom. The van der Waals surface area contributed by atoms with Crippen LogP contribution in [0.3, 0.4) is 0 Å². The molecule has 15 heavy (non-hydrogen) atoms. The van der Waals surface area contributed by atoms with Crippen molar-refractivity contribution in [1.29, 1.82) is 0 Å². The Balaban J connectivity index is 3.02. The third-order valence-electron chi connectivity index (χ3n) is 1.67. The fourth-order valence-corrected chi connectivity index (χ4v) is 1.10. The Morgan fingerprint density at radius 3 is 2.60 bits per heavy atom. The summed E-state index contributed by atoms with van der Waals surface area (Å²) >= 11 is 0. The molecule has 0 saturated carbocycles. The van der Waals surface area contributed by atoms with Gasteiger partial charge in [-0.2, -0.15) is 0 Å². The second-order valence-corrected chi connectivity index (χ2v) is 2.82. The van der Waals surface area contributed by atoms with Crippen molar-refractivity contribution in [2.45, 2.75) is 6.42 Å². The molecule has 0 unspecified atom stereocenters. The van der Waals surface area contributed by atoms with Crippen LogP contribution in [-0.4, -0.2) is 27.1 Å². The Morgan fingerprint density at radius 2 is 2.13 bits per heavy atom. The first kappa shape index (κ1) is 10.9. The van der Waals surface area contributed by atoms with Crippen LogP contribution in [0, 0.1) is 0 Å². The van der Waals surface area contributed by atoms with Crippen LogP contribution < -0.4 is 0 Å². The van der Waals surface area contributed by atoms with Crippen LogP contribution >= 0.6 is 0 Å². The molecule has 0 atom stereocenters. The molecule has 0 aliphatic carbocycles. The van der Waals surface area contributed by atoms with Gasteiger partial charge < -0.3 is 10.2 Å². The van der Waals surface area contributed by atoms with Gasteiger partial charge in [0.1, 0.15) is 0 Å². The van der Waals surface area contributed by atoms with Crippen LogP contribution in [0.25, 0.3) is 5.57 Å². The Hall–Kier alpha value is -2.17. The Bertz CT molecular complexity index is 397. The maximum Gasteiger partial charge on any atom is 0.328 e. The summed E-state index contributed by atoms with van der Waals surface area (Å²) in [5.41, 5.74) is 0.727. The molecule has 5 nitrogen and oxygen atoms in total. The van der Waals surface area contributed by atoms with Crippen LogP contribution in [0.4, 0.5) is 0 Å². The van der Waals surface area contributed by atoms with Gasteiger partial charge in [-0.3, -0.25) is 9.78 Å². The first-order chi connectivity index (χ1) is 7.09. The largest absolute Gasteiger partial charge is 0.481 e. The molecule has 0 spiro atoms. The highest BCUT2D eigenvalue weighted by Crippen LogP contribution is 2.16. The minimum atomic E-state index is -1.17. The van der Waals surface area contributed by atoms with E-state index in [0.717, 1.165) is 6.08 Å². The molecule has 2 N–H and O–H groups in total. The number of carboxylic acids is 2. The number of rotatable bonds is 4. The molecule has 1 aromatic heterocycles. The summed E-state index contributed by atoms with van der Waals surface area (Å²) in [6, 6.07) is 3.23. The van der Waals surface area contributed by atoms with Gasteiger partial charge in [0.25, 0.3) is 0 Å². The lowest BCUT2D eigenvalue weighted by Crippen LogP contribution is -2.00. The molecule has 1 aromatic rings. The zero-order valence-electron chi connectivity index (χ0n) is 7.75. The molecule has 1 rings (SSSR count). The first-order valence-electron chi connectivity index (χ1n) is 4.15. The highest BCUT2D eigenvalue weighted by atomic mass is 16.4. The fourth-order valence-electron chi connectivity index (χ4n) is 1.10. The summed E-state index contributed by atoms with van der Waals surface area (Å²) in [6.45, 7) is 0. The molecule has 0 saturated heterocycles. The number of hydrogen-bond acceptors (Lipinski definition) is 3. The van der Waals surface area contributed by atoms with E-state index < -0.39 is 11.9 Å². The maximum absolute atomic E-state index is 10.5. The monoisotopic (exact) mass is 207 g/mol. The smallest absolute Gasteiger partial charge is 0.328 e. The lowest BCUT2D eigenvalue weighted by Gasteiger charge is -2.02. The minimum Gasteiger partial charge on any atom is -0.481 e. The number of aliphatic carboxylic acids is 2. The van der Waals surface area contributed by atoms with Crippen LogP contribution in [-0.2, 0) is 9.59 Å². The van der Waals surface area contributed by atoms with E-state index in [9.17, 15) is 9.59 Å². The first-order valence-corrected chi connectivity index (χ1v) is 4.15. The average molecular weight is 207 g/mol. The second-order valence-electron chi connectivity index (χ2n) is 2.82. The molecule has 0 aromatic carbocycles. The van der Waals surface area contributed by atoms with E-state index in [1.54, 1.807) is 12.1 Å². The Labute approximate surface area is 85.7 Å². The predicted octanol–water partition coefficient (Wildman–Crippen LogP) is 1.02. The minimum absolute atomic E-state index is 0.225. The van der Waals surface area contributed by atoms with Crippen molar-refractivity contribution >= 4 is 17.5 Å². The van der Waals surface area contributed by atoms with Crippen LogP contribution in [0.5, 0.6) is 0 Å². The molecular weight excluding hydrogens is 198 g/mol. The summed E-state index contributed by atoms with van der Waals surface area (Å²) in [4.78, 5) is 24.8. The zero-order valence-corrected chi connectivity index (χ0v) is 7.75. The van der Waals surface area contributed by atoms with E-state index in [0.29, 0.717) is 5.56 Å². The van der Waals surface area contributed by atoms with Crippen molar-refractivity contribution in [1.82, 2.24) is 4.98 Å². The van der Waals surface area contributed by atoms with Crippen molar-refractivity contribution in [2.75, 3.05) is 0 Å². The molecule has 0 bridgehead atoms. The summed E-state index contributed by atoms with van der Waals surface area (Å²) in [5.74, 6) is -2.25. The summed E-state index contributed by atoms with van der Waals surface area (Å²) in [5, 5.41) is 17.2. The van der Waals surface area contributed by atoms with Gasteiger partial charge in [0, 0.05) is 18.5 Å². The normalized spacial score (nSPS) is 11.1. The van der Waals surface area contributed by atoms with Gasteiger partial charge in [-0.15, -0.1) is 0 Å². The van der Waals surface area contributed by atoms with Crippen LogP contribution in [0.1, 0.15) is 12.0 Å². The number of nitrogens with zero attached hydrogens (tertiary/aromatic N) is 1. The summed E-state index contributed by atoms with van der Waals surface area (Å²) < 4.78 is 0. The molecule has 0 aliphatic heterocycles. The van der Waals surface area contributed by atoms with Crippen molar-refractivity contribution in [2.24, 2.45) is 0 Å². The molecule has 78 valence electrons. The highest BCUT2D eigenvalue weighted by molar-refractivity contribution is 5.94. The van der Waals surface area contributed by atoms with E-state index in [4.69, 9.17) is 10.2 Å². The lowest BCUT2D eigenvalue weighted by atomic mass is 10.0. The van der Waals surface area contributed by atoms with Gasteiger partial charge >= 0.3 is 11.9 Å². The molecule has 1 heterocycles. The molecular formula is C10H9NO4. The third-order valence-corrected chi connectivity index (χ3v) is 1.67. The summed E-state index contributed by atoms with van der Waals surface area (Å²) in [6.07, 6.45) is 3.50. The third kappa shape index (κ3) is 3.60. The summed E-state index contributed by atoms with van der Waals surface area (Å²) in [7, 11) is 0. The number of pyridine rings is 1. The van der Waals surface area contributed by atoms with E-state index in [2.05, 4.69) is 4.98 Å². The number of carbonyl (C=O) groups is 2. The van der Waals surface area contributed by atoms with Crippen LogP contribution in [0.2, 0.25) is 0 Å². The molecule has 5 heteroatoms. The van der Waals surface area contributed by atoms with Crippen molar-refractivity contribution < 1.29 is 19.8 Å². The van der Waals surface area contributed by atoms with Gasteiger partial charge in [0.15, 0.2) is 0 Å². The standard InChI is InChI=1S/C10H9NO4/c12-9(13)4-8(5-10(14)15)7-2-1-3-11-6-7/h1-4,6H,5H2,(H,12,13)(H,14,15). The van der Waals surface area contributed by atoms with E-state index >= 15 is 0 Å². The van der Waals surface area contributed by atoms with Gasteiger partial charge in [-0.05, 0) is 17.2 Å². The van der Waals surface area contributed by atoms with Gasteiger partial charge in [-0.1, -0.05) is 6.07 Å². The van der Waals surface area contributed by atoms with E-state index in [1.165, 1.54) is 12.4 Å².